The van der Waals surface area contributed by atoms with Gasteiger partial charge in [0.1, 0.15) is 42.0 Å². The molecule has 5 rings (SSSR count). The normalized spacial score (nSPS) is 20.3. The highest BCUT2D eigenvalue weighted by Gasteiger charge is 2.43. The van der Waals surface area contributed by atoms with Crippen molar-refractivity contribution in [1.29, 1.82) is 0 Å². The van der Waals surface area contributed by atoms with E-state index in [1.807, 2.05) is 0 Å². The Kier molecular flexibility index (Phi) is 16.6. The van der Waals surface area contributed by atoms with Crippen molar-refractivity contribution in [3.8, 4) is 5.75 Å². The quantitative estimate of drug-likeness (QED) is 0.0758. The van der Waals surface area contributed by atoms with E-state index >= 15 is 0 Å². The maximum atomic E-state index is 14.2. The van der Waals surface area contributed by atoms with Gasteiger partial charge in [0, 0.05) is 38.9 Å². The monoisotopic (exact) mass is 875 g/mol. The zero-order valence-electron chi connectivity index (χ0n) is 35.0. The minimum atomic E-state index is -1.35. The molecule has 3 aliphatic rings. The summed E-state index contributed by atoms with van der Waals surface area (Å²) in [7, 11) is 0. The Morgan fingerprint density at radius 2 is 0.968 bits per heavy atom. The van der Waals surface area contributed by atoms with Gasteiger partial charge in [0.2, 0.25) is 47.3 Å². The lowest BCUT2D eigenvalue weighted by Gasteiger charge is -2.32. The third-order valence-corrected chi connectivity index (χ3v) is 11.7. The standard InChI is InChI=1S/C43H57N9O11/c44-28(23-26-12-14-27(53)15-13-26)40(59)50-20-4-9-32(50)37(56)47-29(16-18-35(45)54)41(60)51-21-5-10-33(51)38(57)48-30(17-19-36(46)55)42(61)52-22-6-11-34(52)39(58)49-31(43(62)63)24-25-7-2-1-3-8-25/h1-3,7-8,12-15,28-34,53H,4-6,9-11,16-24,44H2,(H2,45,54)(H2,46,55)(H,47,56)(H,48,57)(H,49,58)(H,62,63)/t28-,29+,30-,31+,32-,33-,34+/m0/s1. The van der Waals surface area contributed by atoms with Crippen molar-refractivity contribution >= 4 is 53.2 Å². The number of nitrogens with zero attached hydrogens (tertiary/aromatic N) is 3. The van der Waals surface area contributed by atoms with Crippen LogP contribution in [-0.2, 0) is 56.0 Å². The number of primary amides is 2. The first-order chi connectivity index (χ1) is 30.0. The molecule has 3 fully saturated rings. The number of aliphatic carboxylic acids is 1. The number of nitrogens with one attached hydrogen (secondary N) is 3. The van der Waals surface area contributed by atoms with E-state index in [0.29, 0.717) is 30.4 Å². The largest absolute Gasteiger partial charge is 0.508 e. The second-order valence-corrected chi connectivity index (χ2v) is 16.3. The predicted molar refractivity (Wildman–Crippen MR) is 224 cm³/mol. The third-order valence-electron chi connectivity index (χ3n) is 11.7. The molecule has 3 heterocycles. The maximum absolute atomic E-state index is 14.2. The van der Waals surface area contributed by atoms with Crippen LogP contribution in [0.2, 0.25) is 0 Å². The highest BCUT2D eigenvalue weighted by atomic mass is 16.4. The molecule has 0 spiro atoms. The number of rotatable bonds is 20. The smallest absolute Gasteiger partial charge is 0.326 e. The minimum Gasteiger partial charge on any atom is -0.508 e. The summed E-state index contributed by atoms with van der Waals surface area (Å²) in [6, 6.07) is 6.78. The number of carbonyl (C=O) groups is 9. The second kappa shape index (κ2) is 22.0. The van der Waals surface area contributed by atoms with Crippen molar-refractivity contribution < 1.29 is 53.4 Å². The number of aromatic hydroxyl groups is 1. The molecule has 2 aromatic carbocycles. The van der Waals surface area contributed by atoms with Gasteiger partial charge in [-0.25, -0.2) is 4.79 Å². The van der Waals surface area contributed by atoms with E-state index in [1.165, 1.54) is 26.8 Å². The van der Waals surface area contributed by atoms with Crippen LogP contribution < -0.4 is 33.2 Å². The number of nitrogens with two attached hydrogens (primary N) is 3. The average molecular weight is 876 g/mol. The number of benzene rings is 2. The molecule has 2 aromatic rings. The molecule has 8 amide bonds. The van der Waals surface area contributed by atoms with E-state index in [4.69, 9.17) is 17.2 Å². The summed E-state index contributed by atoms with van der Waals surface area (Å²) >= 11 is 0. The molecule has 0 saturated carbocycles. The molecule has 63 heavy (non-hydrogen) atoms. The molecular weight excluding hydrogens is 819 g/mol. The number of likely N-dealkylation sites (tertiary alicyclic amines) is 3. The molecule has 3 saturated heterocycles. The highest BCUT2D eigenvalue weighted by Crippen LogP contribution is 2.25. The molecule has 11 N–H and O–H groups in total. The molecule has 7 atom stereocenters. The molecule has 20 nitrogen and oxygen atoms in total. The zero-order chi connectivity index (χ0) is 45.8. The van der Waals surface area contributed by atoms with E-state index in [0.717, 1.165) is 0 Å². The third kappa shape index (κ3) is 12.7. The van der Waals surface area contributed by atoms with Gasteiger partial charge in [0.15, 0.2) is 0 Å². The van der Waals surface area contributed by atoms with Gasteiger partial charge >= 0.3 is 5.97 Å². The van der Waals surface area contributed by atoms with Crippen molar-refractivity contribution in [3.05, 3.63) is 65.7 Å². The first-order valence-corrected chi connectivity index (χ1v) is 21.2. The average Bonchev–Trinajstić information content (AvgIpc) is 4.06. The molecule has 0 aliphatic carbocycles. The number of phenols is 1. The predicted octanol–water partition coefficient (Wildman–Crippen LogP) is -1.45. The van der Waals surface area contributed by atoms with E-state index in [-0.39, 0.29) is 83.2 Å². The van der Waals surface area contributed by atoms with Crippen LogP contribution in [-0.4, -0.2) is 140 Å². The van der Waals surface area contributed by atoms with Gasteiger partial charge in [-0.05, 0) is 81.0 Å². The molecular formula is C43H57N9O11. The Balaban J connectivity index is 1.26. The topological polar surface area (TPSA) is 318 Å². The van der Waals surface area contributed by atoms with Crippen molar-refractivity contribution in [2.45, 2.75) is 119 Å². The lowest BCUT2D eigenvalue weighted by Crippen LogP contribution is -2.59. The number of amides is 8. The van der Waals surface area contributed by atoms with E-state index in [2.05, 4.69) is 16.0 Å². The lowest BCUT2D eigenvalue weighted by atomic mass is 10.0. The molecule has 0 unspecified atom stereocenters. The van der Waals surface area contributed by atoms with E-state index < -0.39 is 95.5 Å². The second-order valence-electron chi connectivity index (χ2n) is 16.3. The highest BCUT2D eigenvalue weighted by molar-refractivity contribution is 5.98. The summed E-state index contributed by atoms with van der Waals surface area (Å²) in [5.74, 6) is -6.66. The van der Waals surface area contributed by atoms with Crippen molar-refractivity contribution in [3.63, 3.8) is 0 Å². The Morgan fingerprint density at radius 1 is 0.571 bits per heavy atom. The number of carboxylic acid groups (broad SMARTS) is 1. The first kappa shape index (κ1) is 47.5. The van der Waals surface area contributed by atoms with Gasteiger partial charge in [-0.1, -0.05) is 42.5 Å². The Bertz CT molecular complexity index is 2020. The van der Waals surface area contributed by atoms with Gasteiger partial charge in [-0.3, -0.25) is 38.4 Å². The molecule has 20 heteroatoms. The van der Waals surface area contributed by atoms with Crippen LogP contribution in [0.25, 0.3) is 0 Å². The van der Waals surface area contributed by atoms with Gasteiger partial charge in [-0.15, -0.1) is 0 Å². The molecule has 340 valence electrons. The Hall–Kier alpha value is -6.57. The van der Waals surface area contributed by atoms with Gasteiger partial charge in [0.05, 0.1) is 6.04 Å². The maximum Gasteiger partial charge on any atom is 0.326 e. The van der Waals surface area contributed by atoms with Crippen LogP contribution in [0.5, 0.6) is 5.75 Å². The number of hydrogen-bond acceptors (Lipinski definition) is 11. The fourth-order valence-electron chi connectivity index (χ4n) is 8.44. The summed E-state index contributed by atoms with van der Waals surface area (Å²) < 4.78 is 0. The van der Waals surface area contributed by atoms with Crippen molar-refractivity contribution in [2.24, 2.45) is 17.2 Å². The van der Waals surface area contributed by atoms with Crippen LogP contribution in [0.15, 0.2) is 54.6 Å². The SMILES string of the molecule is NC(=O)CC[C@H](NC(=O)[C@@H]1CCCN1C(=O)[C@@H](CCC(N)=O)NC(=O)[C@@H]1CCCN1C(=O)[C@@H](N)Cc1ccc(O)cc1)C(=O)N1CCC[C@@H]1C(=O)N[C@H](Cc1ccccc1)C(=O)O. The Labute approximate surface area is 364 Å². The summed E-state index contributed by atoms with van der Waals surface area (Å²) in [5, 5.41) is 27.4. The number of phenolic OH excluding ortho intramolecular Hbond substituents is 1. The van der Waals surface area contributed by atoms with Crippen LogP contribution in [0.1, 0.15) is 75.3 Å². The zero-order valence-corrected chi connectivity index (χ0v) is 35.0. The summed E-state index contributed by atoms with van der Waals surface area (Å²) in [6.07, 6.45) is 1.02. The number of carbonyl (C=O) groups excluding carboxylic acids is 8. The number of hydrogen-bond donors (Lipinski definition) is 8. The van der Waals surface area contributed by atoms with E-state index in [9.17, 15) is 53.4 Å². The van der Waals surface area contributed by atoms with Gasteiger partial charge in [0.25, 0.3) is 0 Å². The van der Waals surface area contributed by atoms with Gasteiger partial charge in [-0.2, -0.15) is 0 Å². The molecule has 0 radical (unpaired) electrons. The fraction of sp³-hybridized carbons (Fsp3) is 0.512. The molecule has 3 aliphatic heterocycles. The summed E-state index contributed by atoms with van der Waals surface area (Å²) in [6.45, 7) is 0.437. The fourth-order valence-corrected chi connectivity index (χ4v) is 8.44. The molecule has 0 bridgehead atoms. The molecule has 0 aromatic heterocycles. The number of carboxylic acids is 1. The lowest BCUT2D eigenvalue weighted by molar-refractivity contribution is -0.146. The summed E-state index contributed by atoms with van der Waals surface area (Å²) in [5.41, 5.74) is 18.5. The van der Waals surface area contributed by atoms with Crippen LogP contribution in [0.4, 0.5) is 0 Å². The minimum absolute atomic E-state index is 0.0000255. The van der Waals surface area contributed by atoms with E-state index in [1.54, 1.807) is 42.5 Å². The van der Waals surface area contributed by atoms with Crippen LogP contribution in [0, 0.1) is 0 Å². The van der Waals surface area contributed by atoms with Crippen LogP contribution >= 0.6 is 0 Å². The van der Waals surface area contributed by atoms with Crippen molar-refractivity contribution in [2.75, 3.05) is 19.6 Å². The van der Waals surface area contributed by atoms with Gasteiger partial charge < -0.3 is 58.1 Å². The summed E-state index contributed by atoms with van der Waals surface area (Å²) in [4.78, 5) is 123. The Morgan fingerprint density at radius 3 is 1.38 bits per heavy atom. The van der Waals surface area contributed by atoms with Crippen molar-refractivity contribution in [1.82, 2.24) is 30.7 Å². The first-order valence-electron chi connectivity index (χ1n) is 21.2. The van der Waals surface area contributed by atoms with Crippen LogP contribution in [0.3, 0.4) is 0 Å².